The van der Waals surface area contributed by atoms with Crippen molar-refractivity contribution in [2.45, 2.75) is 58.3 Å². The lowest BCUT2D eigenvalue weighted by molar-refractivity contribution is -0.126. The van der Waals surface area contributed by atoms with E-state index in [1.54, 1.807) is 0 Å². The summed E-state index contributed by atoms with van der Waals surface area (Å²) < 4.78 is 0. The van der Waals surface area contributed by atoms with Crippen LogP contribution >= 0.6 is 0 Å². The van der Waals surface area contributed by atoms with Crippen LogP contribution in [0.4, 0.5) is 0 Å². The molecule has 0 heterocycles. The van der Waals surface area contributed by atoms with E-state index in [2.05, 4.69) is 31.4 Å². The SMILES string of the molecule is CC(C)(C)c1ccc(C(=O)NCC(C(=O)NCC#N)C2CCCCC2)cc1. The molecule has 0 bridgehead atoms. The summed E-state index contributed by atoms with van der Waals surface area (Å²) in [6.07, 6.45) is 5.45. The van der Waals surface area contributed by atoms with Crippen LogP contribution in [0.15, 0.2) is 24.3 Å². The molecular formula is C22H31N3O2. The zero-order valence-corrected chi connectivity index (χ0v) is 16.7. The average Bonchev–Trinajstić information content (AvgIpc) is 2.66. The summed E-state index contributed by atoms with van der Waals surface area (Å²) in [5.74, 6) is -0.311. The molecule has 2 amide bonds. The minimum absolute atomic E-state index is 0.00423. The van der Waals surface area contributed by atoms with Crippen LogP contribution in [0.5, 0.6) is 0 Å². The third-order valence-corrected chi connectivity index (χ3v) is 5.39. The number of amides is 2. The highest BCUT2D eigenvalue weighted by Gasteiger charge is 2.29. The standard InChI is InChI=1S/C22H31N3O2/c1-22(2,3)18-11-9-17(10-12-18)20(26)25-15-19(21(27)24-14-13-23)16-7-5-4-6-8-16/h9-12,16,19H,4-8,14-15H2,1-3H3,(H,24,27)(H,25,26). The molecule has 1 atom stereocenters. The number of rotatable bonds is 6. The quantitative estimate of drug-likeness (QED) is 0.752. The Morgan fingerprint density at radius 1 is 1.11 bits per heavy atom. The molecular weight excluding hydrogens is 338 g/mol. The number of nitrogens with zero attached hydrogens (tertiary/aromatic N) is 1. The van der Waals surface area contributed by atoms with Crippen molar-refractivity contribution >= 4 is 11.8 Å². The van der Waals surface area contributed by atoms with Gasteiger partial charge in [-0.05, 0) is 41.9 Å². The summed E-state index contributed by atoms with van der Waals surface area (Å²) in [6, 6.07) is 9.57. The molecule has 1 aliphatic rings. The van der Waals surface area contributed by atoms with E-state index < -0.39 is 0 Å². The van der Waals surface area contributed by atoms with Crippen LogP contribution in [0.25, 0.3) is 0 Å². The summed E-state index contributed by atoms with van der Waals surface area (Å²) in [6.45, 7) is 6.72. The molecule has 1 saturated carbocycles. The van der Waals surface area contributed by atoms with Crippen molar-refractivity contribution in [3.63, 3.8) is 0 Å². The van der Waals surface area contributed by atoms with Crippen LogP contribution in [0.2, 0.25) is 0 Å². The first-order chi connectivity index (χ1) is 12.8. The molecule has 0 aliphatic heterocycles. The first-order valence-electron chi connectivity index (χ1n) is 9.86. The van der Waals surface area contributed by atoms with Crippen LogP contribution in [-0.4, -0.2) is 24.9 Å². The smallest absolute Gasteiger partial charge is 0.251 e. The van der Waals surface area contributed by atoms with Crippen molar-refractivity contribution < 1.29 is 9.59 Å². The molecule has 1 aliphatic carbocycles. The maximum absolute atomic E-state index is 12.5. The van der Waals surface area contributed by atoms with E-state index >= 15 is 0 Å². The lowest BCUT2D eigenvalue weighted by atomic mass is 9.79. The fourth-order valence-corrected chi connectivity index (χ4v) is 3.69. The van der Waals surface area contributed by atoms with Gasteiger partial charge in [0, 0.05) is 12.1 Å². The summed E-state index contributed by atoms with van der Waals surface area (Å²) in [4.78, 5) is 25.0. The molecule has 5 heteroatoms. The maximum Gasteiger partial charge on any atom is 0.251 e. The zero-order chi connectivity index (χ0) is 19.9. The molecule has 2 N–H and O–H groups in total. The fraction of sp³-hybridized carbons (Fsp3) is 0.591. The number of benzene rings is 1. The topological polar surface area (TPSA) is 82.0 Å². The van der Waals surface area contributed by atoms with Crippen molar-refractivity contribution in [1.29, 1.82) is 5.26 Å². The molecule has 1 unspecified atom stereocenters. The molecule has 0 saturated heterocycles. The Bertz CT molecular complexity index is 677. The molecule has 1 aromatic rings. The zero-order valence-electron chi connectivity index (χ0n) is 16.7. The van der Waals surface area contributed by atoms with E-state index in [1.165, 1.54) is 12.0 Å². The predicted octanol–water partition coefficient (Wildman–Crippen LogP) is 3.55. The van der Waals surface area contributed by atoms with Crippen LogP contribution in [0.1, 0.15) is 68.8 Å². The van der Waals surface area contributed by atoms with Gasteiger partial charge in [-0.15, -0.1) is 0 Å². The summed E-state index contributed by atoms with van der Waals surface area (Å²) in [5, 5.41) is 14.3. The molecule has 1 aromatic carbocycles. The van der Waals surface area contributed by atoms with Crippen molar-refractivity contribution in [2.75, 3.05) is 13.1 Å². The van der Waals surface area contributed by atoms with Crippen molar-refractivity contribution in [3.8, 4) is 6.07 Å². The molecule has 27 heavy (non-hydrogen) atoms. The van der Waals surface area contributed by atoms with Gasteiger partial charge in [0.2, 0.25) is 5.91 Å². The molecule has 5 nitrogen and oxygen atoms in total. The molecule has 0 radical (unpaired) electrons. The first-order valence-corrected chi connectivity index (χ1v) is 9.86. The number of carbonyl (C=O) groups is 2. The third kappa shape index (κ3) is 6.09. The van der Waals surface area contributed by atoms with Gasteiger partial charge >= 0.3 is 0 Å². The summed E-state index contributed by atoms with van der Waals surface area (Å²) in [7, 11) is 0. The van der Waals surface area contributed by atoms with Gasteiger partial charge in [-0.1, -0.05) is 52.2 Å². The Labute approximate surface area is 162 Å². The number of nitriles is 1. The highest BCUT2D eigenvalue weighted by molar-refractivity contribution is 5.94. The first kappa shape index (κ1) is 21.0. The van der Waals surface area contributed by atoms with Gasteiger partial charge in [-0.2, -0.15) is 5.26 Å². The lowest BCUT2D eigenvalue weighted by Crippen LogP contribution is -2.43. The summed E-state index contributed by atoms with van der Waals surface area (Å²) >= 11 is 0. The Hall–Kier alpha value is -2.35. The van der Waals surface area contributed by atoms with Gasteiger partial charge in [0.1, 0.15) is 6.54 Å². The average molecular weight is 370 g/mol. The van der Waals surface area contributed by atoms with E-state index in [0.717, 1.165) is 25.7 Å². The Balaban J connectivity index is 2.01. The van der Waals surface area contributed by atoms with E-state index in [1.807, 2.05) is 30.3 Å². The van der Waals surface area contributed by atoms with Crippen LogP contribution in [-0.2, 0) is 10.2 Å². The van der Waals surface area contributed by atoms with Gasteiger partial charge in [0.15, 0.2) is 0 Å². The normalized spacial score (nSPS) is 16.2. The van der Waals surface area contributed by atoms with E-state index in [-0.39, 0.29) is 35.6 Å². The van der Waals surface area contributed by atoms with Gasteiger partial charge in [-0.3, -0.25) is 9.59 Å². The Morgan fingerprint density at radius 2 is 1.74 bits per heavy atom. The molecule has 0 spiro atoms. The molecule has 0 aromatic heterocycles. The number of nitrogens with one attached hydrogen (secondary N) is 2. The minimum Gasteiger partial charge on any atom is -0.351 e. The van der Waals surface area contributed by atoms with Gasteiger partial charge in [0.05, 0.1) is 12.0 Å². The number of hydrogen-bond acceptors (Lipinski definition) is 3. The van der Waals surface area contributed by atoms with Crippen molar-refractivity contribution in [2.24, 2.45) is 11.8 Å². The van der Waals surface area contributed by atoms with E-state index in [9.17, 15) is 9.59 Å². The molecule has 1 fully saturated rings. The van der Waals surface area contributed by atoms with Crippen molar-refractivity contribution in [1.82, 2.24) is 10.6 Å². The van der Waals surface area contributed by atoms with Gasteiger partial charge in [-0.25, -0.2) is 0 Å². The second-order valence-corrected chi connectivity index (χ2v) is 8.42. The third-order valence-electron chi connectivity index (χ3n) is 5.39. The maximum atomic E-state index is 12.5. The second-order valence-electron chi connectivity index (χ2n) is 8.42. The Morgan fingerprint density at radius 3 is 2.30 bits per heavy atom. The summed E-state index contributed by atoms with van der Waals surface area (Å²) in [5.41, 5.74) is 1.82. The minimum atomic E-state index is -0.281. The van der Waals surface area contributed by atoms with E-state index in [4.69, 9.17) is 5.26 Å². The number of hydrogen-bond donors (Lipinski definition) is 2. The molecule has 146 valence electrons. The second kappa shape index (κ2) is 9.55. The van der Waals surface area contributed by atoms with Gasteiger partial charge < -0.3 is 10.6 Å². The van der Waals surface area contributed by atoms with Crippen LogP contribution < -0.4 is 10.6 Å². The lowest BCUT2D eigenvalue weighted by Gasteiger charge is -2.29. The van der Waals surface area contributed by atoms with Crippen LogP contribution in [0.3, 0.4) is 0 Å². The number of carbonyl (C=O) groups excluding carboxylic acids is 2. The largest absolute Gasteiger partial charge is 0.351 e. The Kier molecular flexibility index (Phi) is 7.41. The van der Waals surface area contributed by atoms with Crippen LogP contribution in [0, 0.1) is 23.2 Å². The fourth-order valence-electron chi connectivity index (χ4n) is 3.69. The van der Waals surface area contributed by atoms with E-state index in [0.29, 0.717) is 12.1 Å². The molecule has 2 rings (SSSR count). The highest BCUT2D eigenvalue weighted by Crippen LogP contribution is 2.30. The predicted molar refractivity (Wildman–Crippen MR) is 106 cm³/mol. The monoisotopic (exact) mass is 369 g/mol. The highest BCUT2D eigenvalue weighted by atomic mass is 16.2. The van der Waals surface area contributed by atoms with Gasteiger partial charge in [0.25, 0.3) is 5.91 Å². The van der Waals surface area contributed by atoms with Crippen molar-refractivity contribution in [3.05, 3.63) is 35.4 Å².